The van der Waals surface area contributed by atoms with Crippen molar-refractivity contribution in [1.82, 2.24) is 29.6 Å². The van der Waals surface area contributed by atoms with Gasteiger partial charge in [0.05, 0.1) is 11.9 Å². The molecule has 2 fully saturated rings. The van der Waals surface area contributed by atoms with Crippen molar-refractivity contribution < 1.29 is 4.79 Å². The second kappa shape index (κ2) is 6.76. The van der Waals surface area contributed by atoms with E-state index < -0.39 is 0 Å². The first-order valence-electron chi connectivity index (χ1n) is 8.12. The molecule has 1 amide bonds. The summed E-state index contributed by atoms with van der Waals surface area (Å²) in [6, 6.07) is 0.535. The second-order valence-corrected chi connectivity index (χ2v) is 6.91. The van der Waals surface area contributed by atoms with E-state index in [-0.39, 0.29) is 5.91 Å². The molecule has 8 nitrogen and oxygen atoms in total. The number of aromatic nitrogens is 5. The summed E-state index contributed by atoms with van der Waals surface area (Å²) in [7, 11) is 0. The topological polar surface area (TPSA) is 80.0 Å². The average Bonchev–Trinajstić information content (AvgIpc) is 3.38. The minimum atomic E-state index is 0.157. The van der Waals surface area contributed by atoms with Gasteiger partial charge >= 0.3 is 0 Å². The number of thioether (sulfide) groups is 1. The SMILES string of the molecule is O=C(CSc1nncn1C1CC1)N1CCN(c2cnccn2)CC1. The lowest BCUT2D eigenvalue weighted by Crippen LogP contribution is -2.49. The van der Waals surface area contributed by atoms with E-state index in [0.717, 1.165) is 24.1 Å². The van der Waals surface area contributed by atoms with Crippen LogP contribution in [-0.2, 0) is 4.79 Å². The fraction of sp³-hybridized carbons (Fsp3) is 0.533. The molecule has 9 heteroatoms. The third-order valence-electron chi connectivity index (χ3n) is 4.31. The Bertz CT molecular complexity index is 695. The fourth-order valence-corrected chi connectivity index (χ4v) is 3.68. The van der Waals surface area contributed by atoms with Crippen LogP contribution in [0.2, 0.25) is 0 Å². The molecule has 0 atom stereocenters. The Morgan fingerprint density at radius 1 is 1.21 bits per heavy atom. The normalized spacial score (nSPS) is 18.0. The summed E-state index contributed by atoms with van der Waals surface area (Å²) < 4.78 is 2.09. The van der Waals surface area contributed by atoms with Crippen molar-refractivity contribution in [2.75, 3.05) is 36.8 Å². The van der Waals surface area contributed by atoms with Gasteiger partial charge in [0.25, 0.3) is 0 Å². The van der Waals surface area contributed by atoms with Gasteiger partial charge in [-0.3, -0.25) is 9.78 Å². The molecule has 24 heavy (non-hydrogen) atoms. The monoisotopic (exact) mass is 345 g/mol. The molecule has 2 aromatic rings. The molecule has 1 saturated heterocycles. The lowest BCUT2D eigenvalue weighted by molar-refractivity contribution is -0.128. The highest BCUT2D eigenvalue weighted by Gasteiger charge is 2.27. The van der Waals surface area contributed by atoms with Crippen molar-refractivity contribution in [1.29, 1.82) is 0 Å². The van der Waals surface area contributed by atoms with E-state index in [4.69, 9.17) is 0 Å². The number of piperazine rings is 1. The Morgan fingerprint density at radius 2 is 2.04 bits per heavy atom. The first kappa shape index (κ1) is 15.4. The molecule has 1 aliphatic heterocycles. The zero-order chi connectivity index (χ0) is 16.4. The van der Waals surface area contributed by atoms with E-state index in [1.165, 1.54) is 24.6 Å². The quantitative estimate of drug-likeness (QED) is 0.743. The molecule has 126 valence electrons. The number of amides is 1. The second-order valence-electron chi connectivity index (χ2n) is 5.97. The number of carbonyl (C=O) groups excluding carboxylic acids is 1. The van der Waals surface area contributed by atoms with Crippen molar-refractivity contribution in [2.45, 2.75) is 24.0 Å². The Labute approximate surface area is 144 Å². The third kappa shape index (κ3) is 3.35. The Balaban J connectivity index is 1.28. The predicted octanol–water partition coefficient (Wildman–Crippen LogP) is 0.844. The number of carbonyl (C=O) groups is 1. The van der Waals surface area contributed by atoms with Gasteiger partial charge in [0, 0.05) is 44.6 Å². The molecule has 0 aromatic carbocycles. The van der Waals surface area contributed by atoms with Gasteiger partial charge in [-0.1, -0.05) is 11.8 Å². The molecule has 1 aliphatic carbocycles. The summed E-state index contributed by atoms with van der Waals surface area (Å²) in [5, 5.41) is 8.94. The molecule has 0 radical (unpaired) electrons. The summed E-state index contributed by atoms with van der Waals surface area (Å²) >= 11 is 1.48. The van der Waals surface area contributed by atoms with Gasteiger partial charge in [0.15, 0.2) is 5.16 Å². The van der Waals surface area contributed by atoms with Crippen molar-refractivity contribution in [3.8, 4) is 0 Å². The van der Waals surface area contributed by atoms with E-state index in [2.05, 4.69) is 29.6 Å². The maximum absolute atomic E-state index is 12.4. The molecule has 3 heterocycles. The number of nitrogens with zero attached hydrogens (tertiary/aromatic N) is 7. The molecule has 0 N–H and O–H groups in total. The lowest BCUT2D eigenvalue weighted by Gasteiger charge is -2.35. The summed E-state index contributed by atoms with van der Waals surface area (Å²) in [6.07, 6.45) is 9.26. The summed E-state index contributed by atoms with van der Waals surface area (Å²) in [4.78, 5) is 24.9. The van der Waals surface area contributed by atoms with Crippen molar-refractivity contribution in [3.05, 3.63) is 24.9 Å². The van der Waals surface area contributed by atoms with E-state index >= 15 is 0 Å². The number of anilines is 1. The van der Waals surface area contributed by atoms with Crippen LogP contribution in [0.15, 0.2) is 30.1 Å². The molecule has 4 rings (SSSR count). The van der Waals surface area contributed by atoms with Gasteiger partial charge < -0.3 is 14.4 Å². The Morgan fingerprint density at radius 3 is 2.75 bits per heavy atom. The van der Waals surface area contributed by atoms with E-state index in [9.17, 15) is 4.79 Å². The predicted molar refractivity (Wildman–Crippen MR) is 89.8 cm³/mol. The third-order valence-corrected chi connectivity index (χ3v) is 5.25. The number of rotatable bonds is 5. The summed E-state index contributed by atoms with van der Waals surface area (Å²) in [5.41, 5.74) is 0. The smallest absolute Gasteiger partial charge is 0.233 e. The van der Waals surface area contributed by atoms with Gasteiger partial charge in [-0.15, -0.1) is 10.2 Å². The number of hydrogen-bond donors (Lipinski definition) is 0. The molecule has 0 spiro atoms. The maximum Gasteiger partial charge on any atom is 0.233 e. The molecular weight excluding hydrogens is 326 g/mol. The van der Waals surface area contributed by atoms with Crippen LogP contribution in [-0.4, -0.2) is 67.5 Å². The van der Waals surface area contributed by atoms with Gasteiger partial charge in [-0.05, 0) is 12.8 Å². The van der Waals surface area contributed by atoms with E-state index in [1.807, 2.05) is 4.90 Å². The first-order valence-corrected chi connectivity index (χ1v) is 9.11. The standard InChI is InChI=1S/C15H19N7OS/c23-14(10-24-15-19-18-11-22(15)12-1-2-12)21-7-5-20(6-8-21)13-9-16-3-4-17-13/h3-4,9,11-12H,1-2,5-8,10H2. The van der Waals surface area contributed by atoms with E-state index in [0.29, 0.717) is 24.9 Å². The molecule has 0 unspecified atom stereocenters. The molecule has 1 saturated carbocycles. The van der Waals surface area contributed by atoms with Crippen LogP contribution in [0.25, 0.3) is 0 Å². The zero-order valence-electron chi connectivity index (χ0n) is 13.3. The van der Waals surface area contributed by atoms with E-state index in [1.54, 1.807) is 24.9 Å². The van der Waals surface area contributed by atoms with Crippen LogP contribution in [0.4, 0.5) is 5.82 Å². The minimum Gasteiger partial charge on any atom is -0.352 e. The molecule has 2 aliphatic rings. The highest BCUT2D eigenvalue weighted by atomic mass is 32.2. The van der Waals surface area contributed by atoms with Crippen LogP contribution < -0.4 is 4.90 Å². The number of hydrogen-bond acceptors (Lipinski definition) is 7. The molecule has 0 bridgehead atoms. The summed E-state index contributed by atoms with van der Waals surface area (Å²) in [6.45, 7) is 3.00. The Kier molecular flexibility index (Phi) is 4.33. The van der Waals surface area contributed by atoms with Crippen LogP contribution in [0.5, 0.6) is 0 Å². The van der Waals surface area contributed by atoms with Crippen LogP contribution in [0.1, 0.15) is 18.9 Å². The van der Waals surface area contributed by atoms with Gasteiger partial charge in [0.2, 0.25) is 5.91 Å². The van der Waals surface area contributed by atoms with Gasteiger partial charge in [-0.2, -0.15) is 0 Å². The molecular formula is C15H19N7OS. The van der Waals surface area contributed by atoms with Crippen LogP contribution >= 0.6 is 11.8 Å². The van der Waals surface area contributed by atoms with Crippen molar-refractivity contribution >= 4 is 23.5 Å². The largest absolute Gasteiger partial charge is 0.352 e. The van der Waals surface area contributed by atoms with Crippen molar-refractivity contribution in [3.63, 3.8) is 0 Å². The first-order chi connectivity index (χ1) is 11.8. The van der Waals surface area contributed by atoms with Crippen LogP contribution in [0.3, 0.4) is 0 Å². The van der Waals surface area contributed by atoms with Gasteiger partial charge in [0.1, 0.15) is 12.1 Å². The zero-order valence-corrected chi connectivity index (χ0v) is 14.1. The molecule has 2 aromatic heterocycles. The maximum atomic E-state index is 12.4. The Hall–Kier alpha value is -2.16. The lowest BCUT2D eigenvalue weighted by atomic mass is 10.3. The van der Waals surface area contributed by atoms with Crippen molar-refractivity contribution in [2.24, 2.45) is 0 Å². The average molecular weight is 345 g/mol. The fourth-order valence-electron chi connectivity index (χ4n) is 2.80. The van der Waals surface area contributed by atoms with Gasteiger partial charge in [-0.25, -0.2) is 4.98 Å². The summed E-state index contributed by atoms with van der Waals surface area (Å²) in [5.74, 6) is 1.44. The van der Waals surface area contributed by atoms with Crippen LogP contribution in [0, 0.1) is 0 Å². The highest BCUT2D eigenvalue weighted by Crippen LogP contribution is 2.37. The highest BCUT2D eigenvalue weighted by molar-refractivity contribution is 7.99. The minimum absolute atomic E-state index is 0.157.